The van der Waals surface area contributed by atoms with Gasteiger partial charge in [0.1, 0.15) is 0 Å². The third kappa shape index (κ3) is 3.65. The Morgan fingerprint density at radius 3 is 2.57 bits per heavy atom. The van der Waals surface area contributed by atoms with Crippen LogP contribution in [0.2, 0.25) is 0 Å². The largest absolute Gasteiger partial charge is 0.490 e. The van der Waals surface area contributed by atoms with Gasteiger partial charge in [0.15, 0.2) is 23.1 Å². The number of nitrogens with one attached hydrogen (secondary N) is 1. The van der Waals surface area contributed by atoms with Gasteiger partial charge in [0, 0.05) is 23.7 Å². The molecule has 1 aromatic heterocycles. The summed E-state index contributed by atoms with van der Waals surface area (Å²) >= 11 is 0. The lowest BCUT2D eigenvalue weighted by Crippen LogP contribution is -2.39. The standard InChI is InChI=1S/C24H30N2O4/c1-14-22(17(4)27)15(2)25-23(14)24(28)16(3)26-10-5-7-19(26)18-8-9-20-21(13-18)30-12-6-11-29-20/h8-9,13,16,19,25H,5-7,10-12H2,1-4H3/t16-,19-/m1/s1. The van der Waals surface area contributed by atoms with Gasteiger partial charge in [0.25, 0.3) is 0 Å². The lowest BCUT2D eigenvalue weighted by atomic mass is 9.99. The number of H-pyrrole nitrogens is 1. The first-order valence-electron chi connectivity index (χ1n) is 10.8. The minimum Gasteiger partial charge on any atom is -0.490 e. The van der Waals surface area contributed by atoms with Gasteiger partial charge in [-0.15, -0.1) is 0 Å². The first-order chi connectivity index (χ1) is 14.4. The van der Waals surface area contributed by atoms with Crippen molar-refractivity contribution < 1.29 is 19.1 Å². The molecule has 1 N–H and O–H groups in total. The number of ketones is 2. The van der Waals surface area contributed by atoms with Crippen molar-refractivity contribution in [2.24, 2.45) is 0 Å². The number of fused-ring (bicyclic) bond motifs is 1. The molecule has 0 aliphatic carbocycles. The van der Waals surface area contributed by atoms with Gasteiger partial charge in [-0.25, -0.2) is 0 Å². The van der Waals surface area contributed by atoms with Gasteiger partial charge in [-0.3, -0.25) is 14.5 Å². The molecule has 0 saturated carbocycles. The molecule has 0 radical (unpaired) electrons. The summed E-state index contributed by atoms with van der Waals surface area (Å²) in [6, 6.07) is 6.01. The third-order valence-corrected chi connectivity index (χ3v) is 6.36. The molecule has 2 aromatic rings. The summed E-state index contributed by atoms with van der Waals surface area (Å²) in [5, 5.41) is 0. The highest BCUT2D eigenvalue weighted by Crippen LogP contribution is 2.39. The van der Waals surface area contributed by atoms with Crippen LogP contribution in [0.15, 0.2) is 18.2 Å². The molecular weight excluding hydrogens is 380 g/mol. The second kappa shape index (κ2) is 8.26. The number of hydrogen-bond donors (Lipinski definition) is 1. The van der Waals surface area contributed by atoms with E-state index in [4.69, 9.17) is 9.47 Å². The summed E-state index contributed by atoms with van der Waals surface area (Å²) in [4.78, 5) is 30.8. The first-order valence-corrected chi connectivity index (χ1v) is 10.8. The van der Waals surface area contributed by atoms with Crippen LogP contribution < -0.4 is 9.47 Å². The number of benzene rings is 1. The lowest BCUT2D eigenvalue weighted by molar-refractivity contribution is 0.0814. The maximum absolute atomic E-state index is 13.4. The van der Waals surface area contributed by atoms with E-state index in [0.29, 0.717) is 24.5 Å². The zero-order chi connectivity index (χ0) is 21.4. The van der Waals surface area contributed by atoms with E-state index in [0.717, 1.165) is 54.1 Å². The molecule has 6 heteroatoms. The molecule has 2 aliphatic rings. The number of rotatable bonds is 5. The number of aromatic amines is 1. The van der Waals surface area contributed by atoms with Gasteiger partial charge < -0.3 is 14.5 Å². The molecule has 1 aromatic carbocycles. The summed E-state index contributed by atoms with van der Waals surface area (Å²) in [7, 11) is 0. The van der Waals surface area contributed by atoms with Crippen LogP contribution >= 0.6 is 0 Å². The average Bonchev–Trinajstić information content (AvgIpc) is 3.23. The van der Waals surface area contributed by atoms with Crippen molar-refractivity contribution in [3.63, 3.8) is 0 Å². The van der Waals surface area contributed by atoms with Crippen LogP contribution in [-0.2, 0) is 0 Å². The highest BCUT2D eigenvalue weighted by Gasteiger charge is 2.35. The second-order valence-electron chi connectivity index (χ2n) is 8.37. The van der Waals surface area contributed by atoms with Crippen molar-refractivity contribution >= 4 is 11.6 Å². The molecule has 0 spiro atoms. The van der Waals surface area contributed by atoms with E-state index < -0.39 is 0 Å². The van der Waals surface area contributed by atoms with E-state index in [1.54, 1.807) is 6.92 Å². The smallest absolute Gasteiger partial charge is 0.196 e. The van der Waals surface area contributed by atoms with Gasteiger partial charge in [-0.1, -0.05) is 6.07 Å². The first kappa shape index (κ1) is 20.7. The van der Waals surface area contributed by atoms with Crippen LogP contribution in [0.4, 0.5) is 0 Å². The topological polar surface area (TPSA) is 71.6 Å². The number of ether oxygens (including phenoxy) is 2. The fourth-order valence-electron chi connectivity index (χ4n) is 4.88. The SMILES string of the molecule is CC(=O)c1c(C)[nH]c(C(=O)[C@@H](C)N2CCC[C@@H]2c2ccc3c(c2)OCCCO3)c1C. The zero-order valence-electron chi connectivity index (χ0n) is 18.2. The highest BCUT2D eigenvalue weighted by atomic mass is 16.5. The summed E-state index contributed by atoms with van der Waals surface area (Å²) in [6.07, 6.45) is 2.92. The van der Waals surface area contributed by atoms with Crippen molar-refractivity contribution in [2.75, 3.05) is 19.8 Å². The molecular formula is C24H30N2O4. The maximum atomic E-state index is 13.4. The average molecular weight is 411 g/mol. The Balaban J connectivity index is 1.59. The molecule has 1 fully saturated rings. The van der Waals surface area contributed by atoms with Gasteiger partial charge in [0.2, 0.25) is 0 Å². The molecule has 160 valence electrons. The fraction of sp³-hybridized carbons (Fsp3) is 0.500. The summed E-state index contributed by atoms with van der Waals surface area (Å²) in [5.74, 6) is 1.60. The second-order valence-corrected chi connectivity index (χ2v) is 8.37. The molecule has 2 atom stereocenters. The number of hydrogen-bond acceptors (Lipinski definition) is 5. The minimum atomic E-state index is -0.287. The highest BCUT2D eigenvalue weighted by molar-refractivity contribution is 6.05. The fourth-order valence-corrected chi connectivity index (χ4v) is 4.88. The number of nitrogens with zero attached hydrogens (tertiary/aromatic N) is 1. The van der Waals surface area contributed by atoms with E-state index in [2.05, 4.69) is 22.0 Å². The summed E-state index contributed by atoms with van der Waals surface area (Å²) in [5.41, 5.74) is 3.85. The van der Waals surface area contributed by atoms with Crippen LogP contribution in [0.25, 0.3) is 0 Å². The molecule has 2 aliphatic heterocycles. The van der Waals surface area contributed by atoms with Gasteiger partial charge in [-0.2, -0.15) is 0 Å². The summed E-state index contributed by atoms with van der Waals surface area (Å²) in [6.45, 7) is 9.40. The van der Waals surface area contributed by atoms with Gasteiger partial charge >= 0.3 is 0 Å². The van der Waals surface area contributed by atoms with Crippen LogP contribution in [0, 0.1) is 13.8 Å². The lowest BCUT2D eigenvalue weighted by Gasteiger charge is -2.30. The number of aromatic nitrogens is 1. The number of aryl methyl sites for hydroxylation is 1. The Morgan fingerprint density at radius 2 is 1.87 bits per heavy atom. The van der Waals surface area contributed by atoms with Gasteiger partial charge in [-0.05, 0) is 70.3 Å². The van der Waals surface area contributed by atoms with Crippen LogP contribution in [0.5, 0.6) is 11.5 Å². The molecule has 0 amide bonds. The van der Waals surface area contributed by atoms with E-state index in [1.807, 2.05) is 26.8 Å². The van der Waals surface area contributed by atoms with Crippen molar-refractivity contribution in [3.8, 4) is 11.5 Å². The molecule has 0 unspecified atom stereocenters. The van der Waals surface area contributed by atoms with E-state index in [1.165, 1.54) is 0 Å². The van der Waals surface area contributed by atoms with Crippen molar-refractivity contribution in [2.45, 2.75) is 59.0 Å². The number of likely N-dealkylation sites (tertiary alicyclic amines) is 1. The monoisotopic (exact) mass is 410 g/mol. The maximum Gasteiger partial charge on any atom is 0.196 e. The molecule has 0 bridgehead atoms. The Kier molecular flexibility index (Phi) is 5.69. The van der Waals surface area contributed by atoms with Gasteiger partial charge in [0.05, 0.1) is 24.9 Å². The number of carbonyl (C=O) groups is 2. The van der Waals surface area contributed by atoms with E-state index >= 15 is 0 Å². The molecule has 4 rings (SSSR count). The van der Waals surface area contributed by atoms with Crippen LogP contribution in [0.3, 0.4) is 0 Å². The molecule has 1 saturated heterocycles. The zero-order valence-corrected chi connectivity index (χ0v) is 18.2. The number of Topliss-reactive ketones (excluding diaryl/α,β-unsaturated/α-hetero) is 2. The Labute approximate surface area is 177 Å². The Bertz CT molecular complexity index is 978. The van der Waals surface area contributed by atoms with E-state index in [-0.39, 0.29) is 23.7 Å². The predicted octanol–water partition coefficient (Wildman–Crippen LogP) is 4.40. The molecule has 3 heterocycles. The van der Waals surface area contributed by atoms with Crippen LogP contribution in [-0.4, -0.2) is 47.3 Å². The number of carbonyl (C=O) groups excluding carboxylic acids is 2. The van der Waals surface area contributed by atoms with E-state index in [9.17, 15) is 9.59 Å². The van der Waals surface area contributed by atoms with Crippen molar-refractivity contribution in [3.05, 3.63) is 46.3 Å². The van der Waals surface area contributed by atoms with Crippen molar-refractivity contribution in [1.82, 2.24) is 9.88 Å². The summed E-state index contributed by atoms with van der Waals surface area (Å²) < 4.78 is 11.6. The predicted molar refractivity (Wildman–Crippen MR) is 115 cm³/mol. The third-order valence-electron chi connectivity index (χ3n) is 6.36. The van der Waals surface area contributed by atoms with Crippen LogP contribution in [0.1, 0.15) is 76.8 Å². The normalized spacial score (nSPS) is 20.1. The Hall–Kier alpha value is -2.60. The minimum absolute atomic E-state index is 0.0146. The Morgan fingerprint density at radius 1 is 1.13 bits per heavy atom. The molecule has 6 nitrogen and oxygen atoms in total. The quantitative estimate of drug-likeness (QED) is 0.740. The molecule has 30 heavy (non-hydrogen) atoms. The van der Waals surface area contributed by atoms with Crippen molar-refractivity contribution in [1.29, 1.82) is 0 Å².